The quantitative estimate of drug-likeness (QED) is 0.581. The Morgan fingerprint density at radius 2 is 2.00 bits per heavy atom. The van der Waals surface area contributed by atoms with Crippen molar-refractivity contribution in [1.29, 1.82) is 0 Å². The van der Waals surface area contributed by atoms with Gasteiger partial charge in [0.25, 0.3) is 0 Å². The monoisotopic (exact) mass is 140 g/mol. The van der Waals surface area contributed by atoms with E-state index in [0.717, 1.165) is 12.8 Å². The molecular weight excluding hydrogens is 124 g/mol. The molecule has 0 saturated carbocycles. The first kappa shape index (κ1) is 9.52. The lowest BCUT2D eigenvalue weighted by Gasteiger charge is -2.11. The second-order valence-corrected chi connectivity index (χ2v) is 2.68. The zero-order chi connectivity index (χ0) is 8.04. The van der Waals surface area contributed by atoms with Gasteiger partial charge in [-0.25, -0.2) is 0 Å². The van der Waals surface area contributed by atoms with E-state index in [4.69, 9.17) is 0 Å². The van der Waals surface area contributed by atoms with Crippen LogP contribution in [0.15, 0.2) is 0 Å². The lowest BCUT2D eigenvalue weighted by Crippen LogP contribution is -2.19. The molecule has 0 aliphatic heterocycles. The highest BCUT2D eigenvalue weighted by Gasteiger charge is 2.11. The number of aliphatic hydroxyl groups is 1. The van der Waals surface area contributed by atoms with Gasteiger partial charge in [-0.2, -0.15) is 0 Å². The van der Waals surface area contributed by atoms with E-state index >= 15 is 0 Å². The van der Waals surface area contributed by atoms with Gasteiger partial charge in [0.05, 0.1) is 0 Å². The van der Waals surface area contributed by atoms with Crippen LogP contribution in [-0.4, -0.2) is 10.7 Å². The summed E-state index contributed by atoms with van der Waals surface area (Å²) in [5, 5.41) is 9.38. The van der Waals surface area contributed by atoms with Crippen molar-refractivity contribution in [2.24, 2.45) is 0 Å². The molecule has 0 heterocycles. The fraction of sp³-hybridized carbons (Fsp3) is 0.778. The maximum Gasteiger partial charge on any atom is 0.122 e. The highest BCUT2D eigenvalue weighted by Crippen LogP contribution is 2.05. The maximum atomic E-state index is 9.38. The first-order chi connectivity index (χ1) is 4.62. The minimum absolute atomic E-state index is 0.698. The highest BCUT2D eigenvalue weighted by atomic mass is 16.3. The maximum absolute atomic E-state index is 9.38. The zero-order valence-corrected chi connectivity index (χ0v) is 7.07. The lowest BCUT2D eigenvalue weighted by atomic mass is 10.1. The molecule has 1 unspecified atom stereocenters. The minimum Gasteiger partial charge on any atom is -0.378 e. The molecule has 0 aromatic heterocycles. The van der Waals surface area contributed by atoms with Crippen molar-refractivity contribution >= 4 is 0 Å². The summed E-state index contributed by atoms with van der Waals surface area (Å²) in [5.41, 5.74) is -0.769. The predicted octanol–water partition coefficient (Wildman–Crippen LogP) is 1.95. The third-order valence-corrected chi connectivity index (χ3v) is 1.42. The Balaban J connectivity index is 3.77. The van der Waals surface area contributed by atoms with E-state index in [9.17, 15) is 5.11 Å². The Labute approximate surface area is 63.5 Å². The van der Waals surface area contributed by atoms with Crippen molar-refractivity contribution < 1.29 is 5.11 Å². The van der Waals surface area contributed by atoms with Crippen LogP contribution in [0.25, 0.3) is 0 Å². The lowest BCUT2D eigenvalue weighted by molar-refractivity contribution is 0.118. The van der Waals surface area contributed by atoms with Crippen LogP contribution in [-0.2, 0) is 0 Å². The highest BCUT2D eigenvalue weighted by molar-refractivity contribution is 5.11. The SMILES string of the molecule is CCCC#CC(C)(O)CC. The summed E-state index contributed by atoms with van der Waals surface area (Å²) < 4.78 is 0. The predicted molar refractivity (Wildman–Crippen MR) is 43.6 cm³/mol. The van der Waals surface area contributed by atoms with Gasteiger partial charge in [0.15, 0.2) is 0 Å². The van der Waals surface area contributed by atoms with Gasteiger partial charge in [-0.1, -0.05) is 19.8 Å². The molecule has 0 spiro atoms. The van der Waals surface area contributed by atoms with E-state index in [1.54, 1.807) is 6.92 Å². The van der Waals surface area contributed by atoms with Gasteiger partial charge < -0.3 is 5.11 Å². The topological polar surface area (TPSA) is 20.2 Å². The van der Waals surface area contributed by atoms with E-state index in [2.05, 4.69) is 18.8 Å². The van der Waals surface area contributed by atoms with Crippen LogP contribution in [0.3, 0.4) is 0 Å². The largest absolute Gasteiger partial charge is 0.378 e. The van der Waals surface area contributed by atoms with Gasteiger partial charge in [0.2, 0.25) is 0 Å². The van der Waals surface area contributed by atoms with Crippen LogP contribution in [0.1, 0.15) is 40.0 Å². The molecule has 0 aliphatic carbocycles. The zero-order valence-electron chi connectivity index (χ0n) is 7.07. The Morgan fingerprint density at radius 1 is 1.40 bits per heavy atom. The van der Waals surface area contributed by atoms with Crippen LogP contribution in [0.4, 0.5) is 0 Å². The number of unbranched alkanes of at least 4 members (excludes halogenated alkanes) is 1. The Morgan fingerprint density at radius 3 is 2.40 bits per heavy atom. The molecule has 0 aliphatic rings. The molecule has 0 amide bonds. The van der Waals surface area contributed by atoms with Crippen molar-refractivity contribution in [3.05, 3.63) is 0 Å². The second-order valence-electron chi connectivity index (χ2n) is 2.68. The van der Waals surface area contributed by atoms with Crippen molar-refractivity contribution in [2.75, 3.05) is 0 Å². The smallest absolute Gasteiger partial charge is 0.122 e. The second kappa shape index (κ2) is 4.35. The minimum atomic E-state index is -0.769. The summed E-state index contributed by atoms with van der Waals surface area (Å²) in [6, 6.07) is 0. The van der Waals surface area contributed by atoms with Gasteiger partial charge in [-0.05, 0) is 19.8 Å². The van der Waals surface area contributed by atoms with Crippen molar-refractivity contribution in [1.82, 2.24) is 0 Å². The van der Waals surface area contributed by atoms with Gasteiger partial charge in [0.1, 0.15) is 5.60 Å². The van der Waals surface area contributed by atoms with Crippen LogP contribution < -0.4 is 0 Å². The van der Waals surface area contributed by atoms with E-state index in [-0.39, 0.29) is 0 Å². The summed E-state index contributed by atoms with van der Waals surface area (Å²) in [6.45, 7) is 5.76. The molecule has 0 aromatic rings. The molecule has 0 saturated heterocycles. The third-order valence-electron chi connectivity index (χ3n) is 1.42. The molecular formula is C9H16O. The van der Waals surface area contributed by atoms with Crippen LogP contribution >= 0.6 is 0 Å². The summed E-state index contributed by atoms with van der Waals surface area (Å²) in [4.78, 5) is 0. The van der Waals surface area contributed by atoms with Crippen LogP contribution in [0.2, 0.25) is 0 Å². The molecule has 0 aromatic carbocycles. The molecule has 0 fully saturated rings. The molecule has 10 heavy (non-hydrogen) atoms. The average molecular weight is 140 g/mol. The Bertz CT molecular complexity index is 137. The summed E-state index contributed by atoms with van der Waals surface area (Å²) >= 11 is 0. The van der Waals surface area contributed by atoms with Crippen molar-refractivity contribution in [3.63, 3.8) is 0 Å². The molecule has 0 bridgehead atoms. The molecule has 1 atom stereocenters. The normalized spacial score (nSPS) is 15.2. The molecule has 58 valence electrons. The number of hydrogen-bond donors (Lipinski definition) is 1. The standard InChI is InChI=1S/C9H16O/c1-4-6-7-8-9(3,10)5-2/h10H,4-6H2,1-3H3. The van der Waals surface area contributed by atoms with E-state index < -0.39 is 5.60 Å². The van der Waals surface area contributed by atoms with E-state index in [0.29, 0.717) is 6.42 Å². The Kier molecular flexibility index (Phi) is 4.14. The summed E-state index contributed by atoms with van der Waals surface area (Å²) in [7, 11) is 0. The summed E-state index contributed by atoms with van der Waals surface area (Å²) in [6.07, 6.45) is 2.65. The van der Waals surface area contributed by atoms with E-state index in [1.807, 2.05) is 6.92 Å². The third kappa shape index (κ3) is 4.40. The van der Waals surface area contributed by atoms with Gasteiger partial charge in [-0.3, -0.25) is 0 Å². The van der Waals surface area contributed by atoms with Crippen LogP contribution in [0.5, 0.6) is 0 Å². The van der Waals surface area contributed by atoms with E-state index in [1.165, 1.54) is 0 Å². The van der Waals surface area contributed by atoms with Gasteiger partial charge >= 0.3 is 0 Å². The first-order valence-electron chi connectivity index (χ1n) is 3.84. The average Bonchev–Trinajstić information content (AvgIpc) is 1.89. The molecule has 1 N–H and O–H groups in total. The van der Waals surface area contributed by atoms with Crippen LogP contribution in [0, 0.1) is 11.8 Å². The van der Waals surface area contributed by atoms with Crippen molar-refractivity contribution in [3.8, 4) is 11.8 Å². The number of rotatable bonds is 2. The fourth-order valence-electron chi connectivity index (χ4n) is 0.466. The van der Waals surface area contributed by atoms with Gasteiger partial charge in [-0.15, -0.1) is 5.92 Å². The summed E-state index contributed by atoms with van der Waals surface area (Å²) in [5.74, 6) is 5.74. The Hall–Kier alpha value is -0.480. The molecule has 1 nitrogen and oxygen atoms in total. The van der Waals surface area contributed by atoms with Crippen molar-refractivity contribution in [2.45, 2.75) is 45.6 Å². The molecule has 0 rings (SSSR count). The molecule has 0 radical (unpaired) electrons. The molecule has 1 heteroatoms. The van der Waals surface area contributed by atoms with Gasteiger partial charge in [0, 0.05) is 6.42 Å². The number of hydrogen-bond acceptors (Lipinski definition) is 1. The fourth-order valence-corrected chi connectivity index (χ4v) is 0.466. The first-order valence-corrected chi connectivity index (χ1v) is 3.84.